The third-order valence-electron chi connectivity index (χ3n) is 6.19. The maximum Gasteiger partial charge on any atom is 0.258 e. The van der Waals surface area contributed by atoms with Gasteiger partial charge in [0.2, 0.25) is 5.88 Å². The Morgan fingerprint density at radius 2 is 1.94 bits per heavy atom. The van der Waals surface area contributed by atoms with Crippen molar-refractivity contribution in [1.29, 1.82) is 5.26 Å². The fourth-order valence-corrected chi connectivity index (χ4v) is 4.33. The van der Waals surface area contributed by atoms with Crippen LogP contribution in [-0.4, -0.2) is 43.3 Å². The third kappa shape index (κ3) is 4.69. The summed E-state index contributed by atoms with van der Waals surface area (Å²) in [6.45, 7) is 9.54. The van der Waals surface area contributed by atoms with Gasteiger partial charge in [0.15, 0.2) is 0 Å². The number of hydrogen-bond acceptors (Lipinski definition) is 7. The van der Waals surface area contributed by atoms with E-state index in [9.17, 15) is 10.1 Å². The summed E-state index contributed by atoms with van der Waals surface area (Å²) in [5, 5.41) is 9.93. The van der Waals surface area contributed by atoms with Crippen molar-refractivity contribution in [3.05, 3.63) is 62.9 Å². The highest BCUT2D eigenvalue weighted by Crippen LogP contribution is 2.44. The predicted molar refractivity (Wildman–Crippen MR) is 127 cm³/mol. The van der Waals surface area contributed by atoms with Gasteiger partial charge in [0.25, 0.3) is 5.56 Å². The number of nitrogens with zero attached hydrogens (tertiary/aromatic N) is 3. The molecule has 176 valence electrons. The van der Waals surface area contributed by atoms with Crippen LogP contribution in [-0.2, 0) is 6.54 Å². The van der Waals surface area contributed by atoms with Crippen molar-refractivity contribution in [2.45, 2.75) is 39.7 Å². The molecule has 2 N–H and O–H groups in total. The Bertz CT molecular complexity index is 1140. The van der Waals surface area contributed by atoms with E-state index < -0.39 is 5.92 Å². The first-order valence-electron chi connectivity index (χ1n) is 11.2. The van der Waals surface area contributed by atoms with Crippen LogP contribution in [0.3, 0.4) is 0 Å². The largest absolute Gasteiger partial charge is 0.497 e. The summed E-state index contributed by atoms with van der Waals surface area (Å²) >= 11 is 0. The zero-order valence-corrected chi connectivity index (χ0v) is 20.0. The first kappa shape index (κ1) is 24.2. The van der Waals surface area contributed by atoms with Gasteiger partial charge in [-0.1, -0.05) is 13.8 Å². The summed E-state index contributed by atoms with van der Waals surface area (Å²) in [5.74, 6) is 0.733. The van der Waals surface area contributed by atoms with Gasteiger partial charge in [-0.3, -0.25) is 4.79 Å². The molecule has 1 atom stereocenters. The number of fused-ring (bicyclic) bond motifs is 1. The van der Waals surface area contributed by atoms with Crippen LogP contribution in [0.5, 0.6) is 17.2 Å². The molecule has 1 aliphatic heterocycles. The number of ether oxygens (including phenoxy) is 3. The van der Waals surface area contributed by atoms with E-state index in [4.69, 9.17) is 19.9 Å². The van der Waals surface area contributed by atoms with Crippen molar-refractivity contribution in [2.75, 3.05) is 33.9 Å². The van der Waals surface area contributed by atoms with Gasteiger partial charge >= 0.3 is 0 Å². The number of rotatable bonds is 9. The molecule has 0 aliphatic carbocycles. The molecule has 1 aromatic carbocycles. The molecule has 0 unspecified atom stereocenters. The van der Waals surface area contributed by atoms with Crippen LogP contribution in [0.15, 0.2) is 40.5 Å². The highest BCUT2D eigenvalue weighted by molar-refractivity contribution is 5.59. The van der Waals surface area contributed by atoms with Crippen LogP contribution in [0, 0.1) is 18.3 Å². The van der Waals surface area contributed by atoms with Crippen molar-refractivity contribution in [2.24, 2.45) is 5.73 Å². The number of hydrogen-bond donors (Lipinski definition) is 1. The van der Waals surface area contributed by atoms with Crippen LogP contribution in [0.2, 0.25) is 0 Å². The van der Waals surface area contributed by atoms with E-state index in [0.29, 0.717) is 34.9 Å². The van der Waals surface area contributed by atoms with Gasteiger partial charge in [-0.25, -0.2) is 0 Å². The third-order valence-corrected chi connectivity index (χ3v) is 6.19. The molecule has 0 radical (unpaired) electrons. The fourth-order valence-electron chi connectivity index (χ4n) is 4.33. The summed E-state index contributed by atoms with van der Waals surface area (Å²) in [5.41, 5.74) is 7.88. The Labute approximate surface area is 194 Å². The lowest BCUT2D eigenvalue weighted by Gasteiger charge is -2.28. The predicted octanol–water partition coefficient (Wildman–Crippen LogP) is 3.12. The molecule has 0 amide bonds. The van der Waals surface area contributed by atoms with Crippen LogP contribution in [0.25, 0.3) is 0 Å². The summed E-state index contributed by atoms with van der Waals surface area (Å²) in [6.07, 6.45) is 0.832. The summed E-state index contributed by atoms with van der Waals surface area (Å²) < 4.78 is 18.5. The van der Waals surface area contributed by atoms with E-state index in [0.717, 1.165) is 31.7 Å². The van der Waals surface area contributed by atoms with Gasteiger partial charge in [0.05, 0.1) is 25.7 Å². The van der Waals surface area contributed by atoms with Gasteiger partial charge in [-0.05, 0) is 51.2 Å². The molecule has 0 saturated carbocycles. The van der Waals surface area contributed by atoms with E-state index in [1.807, 2.05) is 13.0 Å². The van der Waals surface area contributed by atoms with Crippen LogP contribution >= 0.6 is 0 Å². The standard InChI is InChI=1S/C25H32N4O4/c1-6-28(7-2)11-8-12-29-16(3)13-21-23(25(29)30)22(19(15-26)24(27)33-21)18-14-17(31-4)9-10-20(18)32-5/h9-10,13-14,22H,6-8,11-12,27H2,1-5H3/t22-/m0/s1. The maximum absolute atomic E-state index is 13.8. The number of pyridine rings is 1. The number of benzene rings is 1. The Morgan fingerprint density at radius 3 is 2.55 bits per heavy atom. The minimum absolute atomic E-state index is 0.0158. The van der Waals surface area contributed by atoms with Gasteiger partial charge in [0.1, 0.15) is 28.9 Å². The fraction of sp³-hybridized carbons (Fsp3) is 0.440. The lowest BCUT2D eigenvalue weighted by atomic mass is 9.83. The van der Waals surface area contributed by atoms with Crippen LogP contribution < -0.4 is 25.5 Å². The summed E-state index contributed by atoms with van der Waals surface area (Å²) in [7, 11) is 3.11. The second kappa shape index (κ2) is 10.5. The van der Waals surface area contributed by atoms with E-state index in [1.54, 1.807) is 37.0 Å². The Hall–Kier alpha value is -3.44. The zero-order valence-electron chi connectivity index (χ0n) is 20.0. The Morgan fingerprint density at radius 1 is 1.21 bits per heavy atom. The topological polar surface area (TPSA) is 103 Å². The monoisotopic (exact) mass is 452 g/mol. The highest BCUT2D eigenvalue weighted by atomic mass is 16.5. The number of methoxy groups -OCH3 is 2. The minimum atomic E-state index is -0.731. The van der Waals surface area contributed by atoms with Crippen molar-refractivity contribution in [1.82, 2.24) is 9.47 Å². The minimum Gasteiger partial charge on any atom is -0.497 e. The molecule has 0 spiro atoms. The quantitative estimate of drug-likeness (QED) is 0.623. The summed E-state index contributed by atoms with van der Waals surface area (Å²) in [4.78, 5) is 16.1. The average molecular weight is 453 g/mol. The van der Waals surface area contributed by atoms with Crippen molar-refractivity contribution in [3.63, 3.8) is 0 Å². The first-order chi connectivity index (χ1) is 15.9. The number of aromatic nitrogens is 1. The number of allylic oxidation sites excluding steroid dienone is 1. The van der Waals surface area contributed by atoms with Crippen LogP contribution in [0.1, 0.15) is 43.0 Å². The zero-order chi connectivity index (χ0) is 24.1. The molecule has 33 heavy (non-hydrogen) atoms. The van der Waals surface area contributed by atoms with Crippen molar-refractivity contribution < 1.29 is 14.2 Å². The van der Waals surface area contributed by atoms with Gasteiger partial charge in [-0.2, -0.15) is 5.26 Å². The van der Waals surface area contributed by atoms with E-state index >= 15 is 0 Å². The number of nitriles is 1. The SMILES string of the molecule is CCN(CC)CCCn1c(C)cc2c(c1=O)[C@@H](c1cc(OC)ccc1OC)C(C#N)=C(N)O2. The molecule has 2 heterocycles. The molecule has 0 saturated heterocycles. The second-order valence-electron chi connectivity index (χ2n) is 7.93. The molecular weight excluding hydrogens is 420 g/mol. The van der Waals surface area contributed by atoms with Crippen LogP contribution in [0.4, 0.5) is 0 Å². The lowest BCUT2D eigenvalue weighted by molar-refractivity contribution is 0.292. The normalized spacial score (nSPS) is 15.1. The molecule has 0 bridgehead atoms. The van der Waals surface area contributed by atoms with Gasteiger partial charge in [-0.15, -0.1) is 0 Å². The smallest absolute Gasteiger partial charge is 0.258 e. The molecule has 0 fully saturated rings. The van der Waals surface area contributed by atoms with Gasteiger partial charge < -0.3 is 29.4 Å². The molecule has 8 heteroatoms. The van der Waals surface area contributed by atoms with Crippen molar-refractivity contribution in [3.8, 4) is 23.3 Å². The van der Waals surface area contributed by atoms with Gasteiger partial charge in [0, 0.05) is 23.9 Å². The maximum atomic E-state index is 13.8. The molecule has 2 aromatic rings. The highest BCUT2D eigenvalue weighted by Gasteiger charge is 2.36. The lowest BCUT2D eigenvalue weighted by Crippen LogP contribution is -2.34. The average Bonchev–Trinajstić information content (AvgIpc) is 2.82. The first-order valence-corrected chi connectivity index (χ1v) is 11.2. The van der Waals surface area contributed by atoms with Crippen molar-refractivity contribution >= 4 is 0 Å². The Balaban J connectivity index is 2.16. The molecule has 3 rings (SSSR count). The van der Waals surface area contributed by atoms with E-state index in [1.165, 1.54) is 0 Å². The number of nitrogens with two attached hydrogens (primary N) is 1. The molecule has 8 nitrogen and oxygen atoms in total. The number of aryl methyl sites for hydroxylation is 1. The van der Waals surface area contributed by atoms with E-state index in [-0.39, 0.29) is 17.0 Å². The summed E-state index contributed by atoms with van der Waals surface area (Å²) in [6, 6.07) is 9.25. The molecule has 1 aromatic heterocycles. The second-order valence-corrected chi connectivity index (χ2v) is 7.93. The molecule has 1 aliphatic rings. The Kier molecular flexibility index (Phi) is 7.67. The molecular formula is C25H32N4O4. The van der Waals surface area contributed by atoms with E-state index in [2.05, 4.69) is 24.8 Å².